The van der Waals surface area contributed by atoms with Crippen molar-refractivity contribution in [2.45, 2.75) is 46.3 Å². The zero-order chi connectivity index (χ0) is 26.2. The Bertz CT molecular complexity index is 1580. The molecule has 0 saturated heterocycles. The van der Waals surface area contributed by atoms with Gasteiger partial charge in [0.2, 0.25) is 0 Å². The molecular formula is C30H29ClFN5. The third kappa shape index (κ3) is 5.35. The quantitative estimate of drug-likeness (QED) is 0.224. The lowest BCUT2D eigenvalue weighted by Crippen LogP contribution is -2.15. The number of nitrogens with zero attached hydrogens (tertiary/aromatic N) is 4. The number of benzene rings is 3. The molecule has 0 saturated carbocycles. The number of alkyl halides is 1. The highest BCUT2D eigenvalue weighted by Gasteiger charge is 2.22. The fourth-order valence-corrected chi connectivity index (χ4v) is 5.06. The Hall–Kier alpha value is -3.77. The molecular weight excluding hydrogens is 485 g/mol. The molecule has 7 heteroatoms. The van der Waals surface area contributed by atoms with E-state index in [1.54, 1.807) is 20.0 Å². The molecule has 0 spiro atoms. The number of nitrogens with one attached hydrogen (secondary N) is 1. The largest absolute Gasteiger partial charge is 0.278 e. The van der Waals surface area contributed by atoms with Crippen LogP contribution in [0, 0.1) is 6.92 Å². The lowest BCUT2D eigenvalue weighted by molar-refractivity contribution is 0.219. The molecule has 37 heavy (non-hydrogen) atoms. The molecule has 0 atom stereocenters. The number of H-pyrrole nitrogens is 1. The van der Waals surface area contributed by atoms with Crippen LogP contribution in [0.25, 0.3) is 22.2 Å². The van der Waals surface area contributed by atoms with Crippen molar-refractivity contribution in [1.82, 2.24) is 20.0 Å². The first kappa shape index (κ1) is 24.9. The molecule has 0 aliphatic heterocycles. The Morgan fingerprint density at radius 2 is 1.92 bits per heavy atom. The molecule has 0 amide bonds. The number of hydrogen-bond donors (Lipinski definition) is 1. The minimum Gasteiger partial charge on any atom is -0.278 e. The van der Waals surface area contributed by atoms with Crippen LogP contribution >= 0.6 is 11.6 Å². The van der Waals surface area contributed by atoms with Gasteiger partial charge in [-0.15, -0.1) is 0 Å². The maximum atomic E-state index is 14.8. The first-order valence-corrected chi connectivity index (χ1v) is 12.6. The summed E-state index contributed by atoms with van der Waals surface area (Å²) in [6.07, 6.45) is 4.29. The molecule has 0 fully saturated rings. The van der Waals surface area contributed by atoms with E-state index < -0.39 is 5.67 Å². The number of aliphatic imine (C=N–C) groups is 1. The minimum atomic E-state index is -1.44. The molecule has 0 aliphatic rings. The minimum absolute atomic E-state index is 0.461. The molecule has 5 rings (SSSR count). The fourth-order valence-electron chi connectivity index (χ4n) is 4.75. The Kier molecular flexibility index (Phi) is 6.69. The number of hydrogen-bond acceptors (Lipinski definition) is 3. The number of aromatic amines is 1. The van der Waals surface area contributed by atoms with E-state index in [9.17, 15) is 4.39 Å². The number of fused-ring (bicyclic) bond motifs is 1. The standard InChI is InChI=1S/C30H29ClFN5/c1-19-13-24(28-11-12-34-37(28)18-23-7-5-6-8-25(23)30(3,4)32)16-26(31)29(19)35-20(2)14-21-9-10-22-17-33-36-27(22)15-21/h5-13,15-17H,14,18H2,1-4H3,(H,33,36). The van der Waals surface area contributed by atoms with E-state index in [-0.39, 0.29) is 0 Å². The smallest absolute Gasteiger partial charge is 0.130 e. The predicted octanol–water partition coefficient (Wildman–Crippen LogP) is 7.98. The van der Waals surface area contributed by atoms with Crippen LogP contribution in [0.4, 0.5) is 10.1 Å². The molecule has 2 heterocycles. The monoisotopic (exact) mass is 513 g/mol. The van der Waals surface area contributed by atoms with Gasteiger partial charge < -0.3 is 0 Å². The molecule has 3 aromatic carbocycles. The van der Waals surface area contributed by atoms with Crippen molar-refractivity contribution in [2.24, 2.45) is 4.99 Å². The van der Waals surface area contributed by atoms with E-state index in [4.69, 9.17) is 16.6 Å². The van der Waals surface area contributed by atoms with Crippen molar-refractivity contribution in [3.63, 3.8) is 0 Å². The van der Waals surface area contributed by atoms with E-state index in [2.05, 4.69) is 39.6 Å². The Morgan fingerprint density at radius 3 is 2.70 bits per heavy atom. The topological polar surface area (TPSA) is 58.9 Å². The first-order valence-electron chi connectivity index (χ1n) is 12.2. The summed E-state index contributed by atoms with van der Waals surface area (Å²) in [6.45, 7) is 7.65. The summed E-state index contributed by atoms with van der Waals surface area (Å²) in [5.41, 5.74) is 6.85. The van der Waals surface area contributed by atoms with Gasteiger partial charge >= 0.3 is 0 Å². The fraction of sp³-hybridized carbons (Fsp3) is 0.233. The second kappa shape index (κ2) is 9.94. The number of aromatic nitrogens is 4. The van der Waals surface area contributed by atoms with Crippen LogP contribution in [0.5, 0.6) is 0 Å². The van der Waals surface area contributed by atoms with E-state index in [1.165, 1.54) is 0 Å². The van der Waals surface area contributed by atoms with Gasteiger partial charge in [-0.2, -0.15) is 10.2 Å². The highest BCUT2D eigenvalue weighted by atomic mass is 35.5. The Labute approximate surface area is 221 Å². The summed E-state index contributed by atoms with van der Waals surface area (Å²) in [7, 11) is 0. The molecule has 0 bridgehead atoms. The second-order valence-corrected chi connectivity index (χ2v) is 10.3. The van der Waals surface area contributed by atoms with Gasteiger partial charge in [0.05, 0.1) is 34.7 Å². The molecule has 1 N–H and O–H groups in total. The zero-order valence-electron chi connectivity index (χ0n) is 21.4. The van der Waals surface area contributed by atoms with E-state index >= 15 is 0 Å². The lowest BCUT2D eigenvalue weighted by atomic mass is 9.94. The molecule has 5 nitrogen and oxygen atoms in total. The van der Waals surface area contributed by atoms with Crippen molar-refractivity contribution in [1.29, 1.82) is 0 Å². The van der Waals surface area contributed by atoms with E-state index in [0.29, 0.717) is 23.6 Å². The summed E-state index contributed by atoms with van der Waals surface area (Å²) in [4.78, 5) is 4.87. The van der Waals surface area contributed by atoms with Crippen LogP contribution in [0.2, 0.25) is 5.02 Å². The van der Waals surface area contributed by atoms with Gasteiger partial charge in [0.15, 0.2) is 0 Å². The molecule has 0 unspecified atom stereocenters. The van der Waals surface area contributed by atoms with Gasteiger partial charge in [-0.3, -0.25) is 14.8 Å². The Morgan fingerprint density at radius 1 is 1.11 bits per heavy atom. The second-order valence-electron chi connectivity index (χ2n) is 9.94. The normalized spacial score (nSPS) is 12.4. The summed E-state index contributed by atoms with van der Waals surface area (Å²) in [6, 6.07) is 19.8. The lowest BCUT2D eigenvalue weighted by Gasteiger charge is -2.20. The van der Waals surface area contributed by atoms with Crippen molar-refractivity contribution >= 4 is 33.9 Å². The first-order chi connectivity index (χ1) is 17.7. The average molecular weight is 514 g/mol. The summed E-state index contributed by atoms with van der Waals surface area (Å²) in [5.74, 6) is 0. The van der Waals surface area contributed by atoms with Gasteiger partial charge in [0.1, 0.15) is 5.67 Å². The van der Waals surface area contributed by atoms with Crippen molar-refractivity contribution < 1.29 is 4.39 Å². The van der Waals surface area contributed by atoms with Crippen LogP contribution < -0.4 is 0 Å². The van der Waals surface area contributed by atoms with Crippen LogP contribution in [0.1, 0.15) is 43.0 Å². The van der Waals surface area contributed by atoms with Gasteiger partial charge in [0, 0.05) is 29.3 Å². The molecule has 188 valence electrons. The maximum Gasteiger partial charge on any atom is 0.130 e. The van der Waals surface area contributed by atoms with Crippen molar-refractivity contribution in [3.8, 4) is 11.3 Å². The molecule has 0 radical (unpaired) electrons. The summed E-state index contributed by atoms with van der Waals surface area (Å²) >= 11 is 6.76. The van der Waals surface area contributed by atoms with E-state index in [0.717, 1.165) is 50.2 Å². The summed E-state index contributed by atoms with van der Waals surface area (Å²) < 4.78 is 16.7. The van der Waals surface area contributed by atoms with E-state index in [1.807, 2.05) is 61.1 Å². The SMILES string of the molecule is CC(Cc1ccc2cn[nH]c2c1)=Nc1c(C)cc(-c2ccnn2Cc2ccccc2C(C)(C)F)cc1Cl. The molecule has 0 aliphatic carbocycles. The van der Waals surface area contributed by atoms with Gasteiger partial charge in [-0.1, -0.05) is 48.0 Å². The van der Waals surface area contributed by atoms with Crippen LogP contribution in [-0.2, 0) is 18.6 Å². The zero-order valence-corrected chi connectivity index (χ0v) is 22.1. The highest BCUT2D eigenvalue weighted by Crippen LogP contribution is 2.35. The van der Waals surface area contributed by atoms with Crippen molar-refractivity contribution in [2.75, 3.05) is 0 Å². The van der Waals surface area contributed by atoms with Crippen LogP contribution in [0.15, 0.2) is 78.0 Å². The third-order valence-corrected chi connectivity index (χ3v) is 6.80. The van der Waals surface area contributed by atoms with Crippen molar-refractivity contribution in [3.05, 3.63) is 100 Å². The molecule has 2 aromatic heterocycles. The van der Waals surface area contributed by atoms with Gasteiger partial charge in [0.25, 0.3) is 0 Å². The molecule has 5 aromatic rings. The third-order valence-electron chi connectivity index (χ3n) is 6.51. The Balaban J connectivity index is 1.41. The summed E-state index contributed by atoms with van der Waals surface area (Å²) in [5, 5.41) is 13.3. The number of halogens is 2. The highest BCUT2D eigenvalue weighted by molar-refractivity contribution is 6.33. The van der Waals surface area contributed by atoms with Crippen LogP contribution in [-0.4, -0.2) is 25.7 Å². The van der Waals surface area contributed by atoms with Gasteiger partial charge in [-0.05, 0) is 74.2 Å². The van der Waals surface area contributed by atoms with Crippen LogP contribution in [0.3, 0.4) is 0 Å². The van der Waals surface area contributed by atoms with Gasteiger partial charge in [-0.25, -0.2) is 4.39 Å². The predicted molar refractivity (Wildman–Crippen MR) is 150 cm³/mol. The maximum absolute atomic E-state index is 14.8. The number of aryl methyl sites for hydroxylation is 1. The average Bonchev–Trinajstić information content (AvgIpc) is 3.50. The number of rotatable bonds is 7.